The molecule has 0 spiro atoms. The Morgan fingerprint density at radius 3 is 2.48 bits per heavy atom. The van der Waals surface area contributed by atoms with Gasteiger partial charge in [0.05, 0.1) is 6.76 Å². The number of aromatic nitrogens is 1. The van der Waals surface area contributed by atoms with Crippen LogP contribution in [0.1, 0.15) is 56.2 Å². The zero-order valence-corrected chi connectivity index (χ0v) is 16.8. The number of pyridine rings is 1. The van der Waals surface area contributed by atoms with Gasteiger partial charge in [-0.05, 0) is 72.6 Å². The topological polar surface area (TPSA) is 3.88 Å². The van der Waals surface area contributed by atoms with E-state index in [0.717, 1.165) is 22.9 Å². The zero-order valence-electron chi connectivity index (χ0n) is 17.8. The summed E-state index contributed by atoms with van der Waals surface area (Å²) in [6, 6.07) is 16.3. The number of benzene rings is 2. The quantitative estimate of drug-likeness (QED) is 0.478. The molecule has 2 aromatic carbocycles. The summed E-state index contributed by atoms with van der Waals surface area (Å²) < 4.78 is 11.0. The van der Waals surface area contributed by atoms with Crippen LogP contribution in [-0.4, -0.2) is 0 Å². The lowest BCUT2D eigenvalue weighted by Gasteiger charge is -2.42. The van der Waals surface area contributed by atoms with Crippen molar-refractivity contribution in [1.29, 1.82) is 0 Å². The average Bonchev–Trinajstić information content (AvgIpc) is 2.74. The smallest absolute Gasteiger partial charge is 0.198 e. The number of fused-ring (bicyclic) bond motifs is 4. The van der Waals surface area contributed by atoms with Crippen molar-refractivity contribution < 1.29 is 5.94 Å². The van der Waals surface area contributed by atoms with Crippen LogP contribution in [0.2, 0.25) is 0 Å². The van der Waals surface area contributed by atoms with Crippen LogP contribution in [0.4, 0.5) is 0 Å². The van der Waals surface area contributed by atoms with Crippen molar-refractivity contribution in [3.63, 3.8) is 0 Å². The van der Waals surface area contributed by atoms with E-state index >= 15 is 0 Å². The second-order valence-electron chi connectivity index (χ2n) is 8.86. The van der Waals surface area contributed by atoms with Crippen molar-refractivity contribution in [2.75, 3.05) is 0 Å². The van der Waals surface area contributed by atoms with Gasteiger partial charge in [-0.25, -0.2) is 0 Å². The Hall–Kier alpha value is -2.15. The van der Waals surface area contributed by atoms with Crippen LogP contribution in [0.15, 0.2) is 48.5 Å². The van der Waals surface area contributed by atoms with Gasteiger partial charge >= 0.3 is 0 Å². The Labute approximate surface area is 164 Å². The van der Waals surface area contributed by atoms with Crippen molar-refractivity contribution in [1.82, 2.24) is 0 Å². The molecule has 0 saturated heterocycles. The van der Waals surface area contributed by atoms with Crippen molar-refractivity contribution in [3.05, 3.63) is 65.3 Å². The predicted octanol–water partition coefficient (Wildman–Crippen LogP) is 6.24. The molecule has 27 heavy (non-hydrogen) atoms. The van der Waals surface area contributed by atoms with E-state index in [0.29, 0.717) is 12.0 Å². The minimum Gasteiger partial charge on any atom is -0.198 e. The summed E-state index contributed by atoms with van der Waals surface area (Å²) in [6.45, 7) is 4.26. The highest BCUT2D eigenvalue weighted by molar-refractivity contribution is 5.94. The summed E-state index contributed by atoms with van der Waals surface area (Å²) >= 11 is 0. The molecule has 3 saturated carbocycles. The van der Waals surface area contributed by atoms with Crippen molar-refractivity contribution in [3.8, 4) is 11.3 Å². The van der Waals surface area contributed by atoms with Gasteiger partial charge in [0.25, 0.3) is 0 Å². The molecule has 6 rings (SSSR count). The van der Waals surface area contributed by atoms with Gasteiger partial charge in [-0.2, -0.15) is 4.57 Å². The fourth-order valence-electron chi connectivity index (χ4n) is 5.68. The Morgan fingerprint density at radius 1 is 1.00 bits per heavy atom. The molecule has 1 heteroatoms. The SMILES string of the molecule is [2H]c1c(C)[n+](C)c(-c2ccccc2C)c2ccc(C3CC4CCC3CC4)cc12. The minimum atomic E-state index is 0.678. The zero-order chi connectivity index (χ0) is 19.4. The van der Waals surface area contributed by atoms with Crippen LogP contribution in [-0.2, 0) is 7.05 Å². The molecule has 2 bridgehead atoms. The van der Waals surface area contributed by atoms with E-state index in [-0.39, 0.29) is 0 Å². The molecule has 3 aliphatic rings. The van der Waals surface area contributed by atoms with E-state index < -0.39 is 0 Å². The summed E-state index contributed by atoms with van der Waals surface area (Å²) in [5.41, 5.74) is 6.29. The van der Waals surface area contributed by atoms with Gasteiger partial charge in [0.15, 0.2) is 5.69 Å². The number of hydrogen-bond donors (Lipinski definition) is 0. The molecular weight excluding hydrogens is 326 g/mol. The predicted molar refractivity (Wildman–Crippen MR) is 113 cm³/mol. The molecule has 1 heterocycles. The van der Waals surface area contributed by atoms with Gasteiger partial charge in [0, 0.05) is 18.5 Å². The van der Waals surface area contributed by atoms with Gasteiger partial charge in [-0.1, -0.05) is 43.2 Å². The second-order valence-corrected chi connectivity index (χ2v) is 8.86. The molecule has 0 amide bonds. The van der Waals surface area contributed by atoms with Gasteiger partial charge in [0.2, 0.25) is 5.69 Å². The molecule has 0 N–H and O–H groups in total. The van der Waals surface area contributed by atoms with Crippen LogP contribution >= 0.6 is 0 Å². The van der Waals surface area contributed by atoms with Gasteiger partial charge in [-0.15, -0.1) is 0 Å². The van der Waals surface area contributed by atoms with Gasteiger partial charge < -0.3 is 0 Å². The van der Waals surface area contributed by atoms with Crippen molar-refractivity contribution >= 4 is 10.8 Å². The van der Waals surface area contributed by atoms with E-state index in [1.807, 2.05) is 0 Å². The summed E-state index contributed by atoms with van der Waals surface area (Å²) in [7, 11) is 2.10. The average molecular weight is 358 g/mol. The van der Waals surface area contributed by atoms with Gasteiger partial charge in [0.1, 0.15) is 7.05 Å². The van der Waals surface area contributed by atoms with Crippen molar-refractivity contribution in [2.45, 2.75) is 51.9 Å². The van der Waals surface area contributed by atoms with Crippen LogP contribution in [0.3, 0.4) is 0 Å². The lowest BCUT2D eigenvalue weighted by molar-refractivity contribution is -0.665. The number of aryl methyl sites for hydroxylation is 1. The molecule has 3 aromatic rings. The maximum absolute atomic E-state index is 8.84. The summed E-state index contributed by atoms with van der Waals surface area (Å²) in [6.07, 6.45) is 7.03. The van der Waals surface area contributed by atoms with Crippen LogP contribution in [0.25, 0.3) is 22.0 Å². The third-order valence-corrected chi connectivity index (χ3v) is 7.33. The monoisotopic (exact) mass is 357 g/mol. The molecule has 0 radical (unpaired) electrons. The van der Waals surface area contributed by atoms with Crippen molar-refractivity contribution in [2.24, 2.45) is 18.9 Å². The maximum atomic E-state index is 8.84. The molecule has 1 unspecified atom stereocenters. The van der Waals surface area contributed by atoms with E-state index in [2.05, 4.69) is 67.9 Å². The van der Waals surface area contributed by atoms with Crippen LogP contribution in [0.5, 0.6) is 0 Å². The molecule has 3 aliphatic carbocycles. The fraction of sp³-hybridized carbons (Fsp3) is 0.423. The molecular formula is C26H30N+. The Kier molecular flexibility index (Phi) is 3.81. The first-order valence-corrected chi connectivity index (χ1v) is 10.5. The Balaban J connectivity index is 1.71. The number of nitrogens with zero attached hydrogens (tertiary/aromatic N) is 1. The number of rotatable bonds is 2. The highest BCUT2D eigenvalue weighted by Crippen LogP contribution is 2.50. The van der Waals surface area contributed by atoms with Crippen LogP contribution < -0.4 is 4.57 Å². The third-order valence-electron chi connectivity index (χ3n) is 7.33. The molecule has 3 fully saturated rings. The largest absolute Gasteiger partial charge is 0.220 e. The lowest BCUT2D eigenvalue weighted by Crippen LogP contribution is -2.35. The highest BCUT2D eigenvalue weighted by Gasteiger charge is 2.36. The molecule has 138 valence electrons. The molecule has 1 nitrogen and oxygen atoms in total. The second kappa shape index (κ2) is 6.48. The Morgan fingerprint density at radius 2 is 1.78 bits per heavy atom. The Bertz CT molecular complexity index is 1060. The summed E-state index contributed by atoms with van der Waals surface area (Å²) in [4.78, 5) is 0. The highest BCUT2D eigenvalue weighted by atomic mass is 14.9. The van der Waals surface area contributed by atoms with Crippen LogP contribution in [0, 0.1) is 25.7 Å². The lowest BCUT2D eigenvalue weighted by atomic mass is 9.63. The standard InChI is InChI=1S/C26H30N/c1-17-6-4-5-7-23(17)26-24-13-12-21(16-22(24)14-18(2)27(26)3)25-15-19-8-10-20(25)11-9-19/h4-7,12-14,16,19-20,25H,8-11,15H2,1-3H3/q+1/i14D. The first-order chi connectivity index (χ1) is 13.5. The minimum absolute atomic E-state index is 0.678. The normalized spacial score (nSPS) is 25.0. The molecule has 1 atom stereocenters. The number of hydrogen-bond acceptors (Lipinski definition) is 0. The van der Waals surface area contributed by atoms with E-state index in [1.165, 1.54) is 59.9 Å². The molecule has 1 aromatic heterocycles. The van der Waals surface area contributed by atoms with E-state index in [1.54, 1.807) is 0 Å². The summed E-state index contributed by atoms with van der Waals surface area (Å²) in [5.74, 6) is 2.49. The molecule has 0 aliphatic heterocycles. The van der Waals surface area contributed by atoms with E-state index in [4.69, 9.17) is 1.37 Å². The van der Waals surface area contributed by atoms with Gasteiger partial charge in [-0.3, -0.25) is 0 Å². The summed E-state index contributed by atoms with van der Waals surface area (Å²) in [5, 5.41) is 2.32. The fourth-order valence-corrected chi connectivity index (χ4v) is 5.68. The first kappa shape index (κ1) is 15.9. The third kappa shape index (κ3) is 2.79. The first-order valence-electron chi connectivity index (χ1n) is 11.0. The van der Waals surface area contributed by atoms with E-state index in [9.17, 15) is 0 Å². The maximum Gasteiger partial charge on any atom is 0.220 e.